The Labute approximate surface area is 104 Å². The number of anilines is 1. The second kappa shape index (κ2) is 4.04. The van der Waals surface area contributed by atoms with Gasteiger partial charge < -0.3 is 25.2 Å². The summed E-state index contributed by atoms with van der Waals surface area (Å²) in [7, 11) is 0. The molecule has 0 spiro atoms. The maximum atomic E-state index is 10.1. The van der Waals surface area contributed by atoms with Crippen molar-refractivity contribution in [1.29, 1.82) is 0 Å². The van der Waals surface area contributed by atoms with Crippen LogP contribution in [-0.4, -0.2) is 49.5 Å². The monoisotopic (exact) mass is 252 g/mol. The lowest BCUT2D eigenvalue weighted by Gasteiger charge is -2.23. The molecule has 3 unspecified atom stereocenters. The lowest BCUT2D eigenvalue weighted by molar-refractivity contribution is -0.0855. The van der Waals surface area contributed by atoms with E-state index in [1.54, 1.807) is 12.7 Å². The number of fused-ring (bicyclic) bond motifs is 1. The Bertz CT molecular complexity index is 487. The highest BCUT2D eigenvalue weighted by atomic mass is 16.4. The summed E-state index contributed by atoms with van der Waals surface area (Å²) >= 11 is 0. The summed E-state index contributed by atoms with van der Waals surface area (Å²) in [5, 5.41) is 32.1. The van der Waals surface area contributed by atoms with Crippen molar-refractivity contribution in [3.05, 3.63) is 12.0 Å². The molecule has 1 aromatic heterocycles. The predicted molar refractivity (Wildman–Crippen MR) is 64.4 cm³/mol. The summed E-state index contributed by atoms with van der Waals surface area (Å²) in [6.07, 6.45) is 3.10. The van der Waals surface area contributed by atoms with Crippen molar-refractivity contribution in [3.8, 4) is 0 Å². The number of nitrogens with one attached hydrogen (secondary N) is 1. The molecule has 4 N–H and O–H groups in total. The van der Waals surface area contributed by atoms with Gasteiger partial charge in [0.25, 0.3) is 0 Å². The molecule has 3 rings (SSSR count). The maximum Gasteiger partial charge on any atom is 0.136 e. The Balaban J connectivity index is 1.88. The van der Waals surface area contributed by atoms with E-state index in [1.165, 1.54) is 0 Å². The minimum Gasteiger partial charge on any atom is -0.393 e. The Morgan fingerprint density at radius 2 is 2.39 bits per heavy atom. The molecule has 1 fully saturated rings. The molecule has 98 valence electrons. The molecule has 1 aromatic rings. The molecule has 2 aliphatic rings. The minimum atomic E-state index is -1.41. The molecule has 1 aliphatic carbocycles. The molecule has 3 atom stereocenters. The number of hydrogen-bond acceptors (Lipinski definition) is 6. The van der Waals surface area contributed by atoms with Gasteiger partial charge in [-0.3, -0.25) is 4.99 Å². The van der Waals surface area contributed by atoms with Crippen LogP contribution in [-0.2, 0) is 6.54 Å². The quantitative estimate of drug-likeness (QED) is 0.555. The number of nitrogens with zero attached hydrogens (tertiary/aromatic N) is 3. The number of aliphatic imine (C=N–C) groups is 1. The Kier molecular flexibility index (Phi) is 2.61. The van der Waals surface area contributed by atoms with Gasteiger partial charge in [-0.2, -0.15) is 0 Å². The van der Waals surface area contributed by atoms with E-state index in [0.717, 1.165) is 11.5 Å². The van der Waals surface area contributed by atoms with Crippen LogP contribution in [0, 0.1) is 0 Å². The summed E-state index contributed by atoms with van der Waals surface area (Å²) in [5.41, 5.74) is -0.559. The molecule has 2 heterocycles. The highest BCUT2D eigenvalue weighted by Crippen LogP contribution is 2.40. The number of hydrogen-bond donors (Lipinski definition) is 4. The van der Waals surface area contributed by atoms with Crippen molar-refractivity contribution < 1.29 is 15.3 Å². The number of aromatic nitrogens is 2. The van der Waals surface area contributed by atoms with Crippen LogP contribution in [0.2, 0.25) is 0 Å². The fourth-order valence-electron chi connectivity index (χ4n) is 2.68. The van der Waals surface area contributed by atoms with Crippen molar-refractivity contribution in [2.45, 2.75) is 37.1 Å². The third kappa shape index (κ3) is 1.63. The average molecular weight is 252 g/mol. The first-order valence-electron chi connectivity index (χ1n) is 5.96. The SMILES string of the molecule is OCC1(O)CC(n2cnc3c2NC=NC3)CC1O. The first-order chi connectivity index (χ1) is 8.64. The van der Waals surface area contributed by atoms with Crippen LogP contribution in [0.5, 0.6) is 0 Å². The van der Waals surface area contributed by atoms with Crippen LogP contribution in [0.4, 0.5) is 5.82 Å². The normalized spacial score (nSPS) is 34.4. The maximum absolute atomic E-state index is 10.1. The van der Waals surface area contributed by atoms with Gasteiger partial charge in [0, 0.05) is 12.5 Å². The van der Waals surface area contributed by atoms with Gasteiger partial charge in [0.2, 0.25) is 0 Å². The summed E-state index contributed by atoms with van der Waals surface area (Å²) in [6.45, 7) is 0.102. The zero-order valence-electron chi connectivity index (χ0n) is 9.82. The predicted octanol–water partition coefficient (Wildman–Crippen LogP) is -0.744. The summed E-state index contributed by atoms with van der Waals surface area (Å²) in [4.78, 5) is 8.33. The van der Waals surface area contributed by atoms with E-state index in [-0.39, 0.29) is 6.04 Å². The number of rotatable bonds is 2. The van der Waals surface area contributed by atoms with Crippen LogP contribution >= 0.6 is 0 Å². The van der Waals surface area contributed by atoms with Crippen molar-refractivity contribution in [1.82, 2.24) is 9.55 Å². The zero-order chi connectivity index (χ0) is 12.8. The van der Waals surface area contributed by atoms with E-state index in [2.05, 4.69) is 15.3 Å². The number of imidazole rings is 1. The summed E-state index contributed by atoms with van der Waals surface area (Å²) in [5.74, 6) is 0.851. The van der Waals surface area contributed by atoms with E-state index in [9.17, 15) is 15.3 Å². The molecular formula is C11H16N4O3. The third-order valence-electron chi connectivity index (χ3n) is 3.78. The van der Waals surface area contributed by atoms with E-state index in [1.807, 2.05) is 4.57 Å². The van der Waals surface area contributed by atoms with Gasteiger partial charge >= 0.3 is 0 Å². The largest absolute Gasteiger partial charge is 0.393 e. The van der Waals surface area contributed by atoms with Gasteiger partial charge in [0.1, 0.15) is 17.1 Å². The average Bonchev–Trinajstić information content (AvgIpc) is 2.92. The minimum absolute atomic E-state index is 0.0765. The third-order valence-corrected chi connectivity index (χ3v) is 3.78. The van der Waals surface area contributed by atoms with E-state index in [4.69, 9.17) is 0 Å². The molecule has 7 nitrogen and oxygen atoms in total. The molecule has 1 saturated carbocycles. The van der Waals surface area contributed by atoms with Crippen molar-refractivity contribution in [2.75, 3.05) is 11.9 Å². The van der Waals surface area contributed by atoms with Gasteiger partial charge in [-0.25, -0.2) is 4.98 Å². The lowest BCUT2D eigenvalue weighted by Crippen LogP contribution is -2.40. The second-order valence-electron chi connectivity index (χ2n) is 4.93. The highest BCUT2D eigenvalue weighted by molar-refractivity contribution is 5.77. The van der Waals surface area contributed by atoms with Crippen LogP contribution in [0.25, 0.3) is 0 Å². The fourth-order valence-corrected chi connectivity index (χ4v) is 2.68. The van der Waals surface area contributed by atoms with Crippen molar-refractivity contribution in [3.63, 3.8) is 0 Å². The smallest absolute Gasteiger partial charge is 0.136 e. The van der Waals surface area contributed by atoms with Crippen LogP contribution < -0.4 is 5.32 Å². The van der Waals surface area contributed by atoms with Crippen molar-refractivity contribution in [2.24, 2.45) is 4.99 Å². The van der Waals surface area contributed by atoms with Crippen LogP contribution in [0.1, 0.15) is 24.6 Å². The fraction of sp³-hybridized carbons (Fsp3) is 0.636. The molecule has 0 bridgehead atoms. The zero-order valence-corrected chi connectivity index (χ0v) is 9.82. The highest BCUT2D eigenvalue weighted by Gasteiger charge is 2.46. The molecule has 0 saturated heterocycles. The van der Waals surface area contributed by atoms with E-state index in [0.29, 0.717) is 19.4 Å². The van der Waals surface area contributed by atoms with E-state index >= 15 is 0 Å². The summed E-state index contributed by atoms with van der Waals surface area (Å²) < 4.78 is 1.90. The van der Waals surface area contributed by atoms with E-state index < -0.39 is 18.3 Å². The molecular weight excluding hydrogens is 236 g/mol. The Morgan fingerprint density at radius 3 is 3.11 bits per heavy atom. The summed E-state index contributed by atoms with van der Waals surface area (Å²) in [6, 6.07) is -0.0765. The molecule has 1 aliphatic heterocycles. The first kappa shape index (κ1) is 11.6. The van der Waals surface area contributed by atoms with Gasteiger partial charge in [-0.1, -0.05) is 0 Å². The second-order valence-corrected chi connectivity index (χ2v) is 4.93. The lowest BCUT2D eigenvalue weighted by atomic mass is 10.0. The molecule has 7 heteroatoms. The number of aliphatic hydroxyl groups is 3. The molecule has 0 amide bonds. The van der Waals surface area contributed by atoms with Gasteiger partial charge in [-0.15, -0.1) is 0 Å². The van der Waals surface area contributed by atoms with Crippen LogP contribution in [0.3, 0.4) is 0 Å². The van der Waals surface area contributed by atoms with Crippen molar-refractivity contribution >= 4 is 12.2 Å². The van der Waals surface area contributed by atoms with Crippen LogP contribution in [0.15, 0.2) is 11.3 Å². The number of aliphatic hydroxyl groups excluding tert-OH is 2. The molecule has 18 heavy (non-hydrogen) atoms. The van der Waals surface area contributed by atoms with Gasteiger partial charge in [-0.05, 0) is 6.42 Å². The van der Waals surface area contributed by atoms with Gasteiger partial charge in [0.15, 0.2) is 0 Å². The van der Waals surface area contributed by atoms with Gasteiger partial charge in [0.05, 0.1) is 31.9 Å². The first-order valence-corrected chi connectivity index (χ1v) is 5.96. The Morgan fingerprint density at radius 1 is 1.56 bits per heavy atom. The molecule has 0 radical (unpaired) electrons. The standard InChI is InChI=1S/C11H16N4O3/c16-4-11(18)2-7(1-9(11)17)15-6-14-8-3-12-5-13-10(8)15/h5-7,9,16-18H,1-4H2,(H,12,13). The Hall–Kier alpha value is -1.44. The topological polar surface area (TPSA) is 103 Å². The molecule has 0 aromatic carbocycles.